The van der Waals surface area contributed by atoms with Crippen LogP contribution in [0.5, 0.6) is 0 Å². The van der Waals surface area contributed by atoms with E-state index in [1.807, 2.05) is 0 Å². The number of rotatable bonds is 4. The van der Waals surface area contributed by atoms with Gasteiger partial charge in [-0.05, 0) is 24.6 Å². The molecule has 104 valence electrons. The van der Waals surface area contributed by atoms with Gasteiger partial charge in [-0.3, -0.25) is 4.98 Å². The third-order valence-electron chi connectivity index (χ3n) is 2.64. The second-order valence-corrected chi connectivity index (χ2v) is 5.08. The number of urea groups is 1. The van der Waals surface area contributed by atoms with Gasteiger partial charge in [0.05, 0.1) is 17.6 Å². The smallest absolute Gasteiger partial charge is 0.335 e. The van der Waals surface area contributed by atoms with Gasteiger partial charge in [-0.2, -0.15) is 0 Å². The number of thiazole rings is 1. The summed E-state index contributed by atoms with van der Waals surface area (Å²) in [4.78, 5) is 27.5. The Hall–Kier alpha value is -2.41. The molecule has 1 aromatic carbocycles. The average molecular weight is 291 g/mol. The highest BCUT2D eigenvalue weighted by Crippen LogP contribution is 2.17. The fraction of sp³-hybridized carbons (Fsp3) is 0.154. The van der Waals surface area contributed by atoms with Crippen LogP contribution in [0.3, 0.4) is 0 Å². The van der Waals surface area contributed by atoms with Crippen molar-refractivity contribution in [3.8, 4) is 0 Å². The quantitative estimate of drug-likeness (QED) is 0.807. The van der Waals surface area contributed by atoms with E-state index in [1.165, 1.54) is 23.5 Å². The zero-order valence-corrected chi connectivity index (χ0v) is 11.5. The van der Waals surface area contributed by atoms with Crippen LogP contribution in [0.25, 0.3) is 0 Å². The number of benzene rings is 1. The highest BCUT2D eigenvalue weighted by atomic mass is 32.1. The number of carbonyl (C=O) groups excluding carboxylic acids is 1. The number of aromatic nitrogens is 1. The predicted molar refractivity (Wildman–Crippen MR) is 76.1 cm³/mol. The number of amides is 2. The van der Waals surface area contributed by atoms with Crippen LogP contribution in [0, 0.1) is 6.92 Å². The predicted octanol–water partition coefficient (Wildman–Crippen LogP) is 2.47. The second kappa shape index (κ2) is 6.16. The number of aryl methyl sites for hydroxylation is 1. The van der Waals surface area contributed by atoms with Crippen LogP contribution in [-0.2, 0) is 6.54 Å². The molecular formula is C13H13N3O3S. The van der Waals surface area contributed by atoms with Gasteiger partial charge in [0.25, 0.3) is 0 Å². The molecule has 2 aromatic rings. The zero-order valence-electron chi connectivity index (χ0n) is 10.7. The maximum absolute atomic E-state index is 11.8. The topological polar surface area (TPSA) is 91.3 Å². The number of carboxylic acids is 1. The first kappa shape index (κ1) is 14.0. The molecule has 0 bridgehead atoms. The van der Waals surface area contributed by atoms with Gasteiger partial charge in [-0.15, -0.1) is 11.3 Å². The summed E-state index contributed by atoms with van der Waals surface area (Å²) in [5.41, 5.74) is 3.10. The Kier molecular flexibility index (Phi) is 4.31. The Morgan fingerprint density at radius 2 is 2.20 bits per heavy atom. The molecule has 0 aliphatic heterocycles. The van der Waals surface area contributed by atoms with Gasteiger partial charge >= 0.3 is 12.0 Å². The molecule has 0 atom stereocenters. The average Bonchev–Trinajstić information content (AvgIpc) is 2.92. The molecule has 6 nitrogen and oxygen atoms in total. The zero-order chi connectivity index (χ0) is 14.5. The number of carbonyl (C=O) groups is 2. The SMILES string of the molecule is Cc1ccc(C(=O)O)cc1NC(=O)NCc1cncs1. The van der Waals surface area contributed by atoms with Crippen molar-refractivity contribution >= 4 is 29.0 Å². The summed E-state index contributed by atoms with van der Waals surface area (Å²) in [6.45, 7) is 2.18. The molecule has 0 fully saturated rings. The lowest BCUT2D eigenvalue weighted by Gasteiger charge is -2.10. The lowest BCUT2D eigenvalue weighted by atomic mass is 10.1. The maximum atomic E-state index is 11.8. The molecule has 2 amide bonds. The summed E-state index contributed by atoms with van der Waals surface area (Å²) in [6.07, 6.45) is 1.68. The van der Waals surface area contributed by atoms with Gasteiger partial charge in [0.1, 0.15) is 0 Å². The minimum absolute atomic E-state index is 0.133. The number of hydrogen-bond donors (Lipinski definition) is 3. The fourth-order valence-electron chi connectivity index (χ4n) is 1.55. The molecule has 7 heteroatoms. The Morgan fingerprint density at radius 1 is 1.40 bits per heavy atom. The van der Waals surface area contributed by atoms with Crippen LogP contribution in [0.4, 0.5) is 10.5 Å². The largest absolute Gasteiger partial charge is 0.478 e. The van der Waals surface area contributed by atoms with Crippen molar-refractivity contribution in [2.75, 3.05) is 5.32 Å². The van der Waals surface area contributed by atoms with E-state index in [9.17, 15) is 9.59 Å². The van der Waals surface area contributed by atoms with Gasteiger partial charge in [0.15, 0.2) is 0 Å². The van der Waals surface area contributed by atoms with Crippen molar-refractivity contribution in [2.45, 2.75) is 13.5 Å². The highest BCUT2D eigenvalue weighted by Gasteiger charge is 2.09. The van der Waals surface area contributed by atoms with Crippen molar-refractivity contribution in [1.82, 2.24) is 10.3 Å². The van der Waals surface area contributed by atoms with E-state index in [-0.39, 0.29) is 11.6 Å². The van der Waals surface area contributed by atoms with E-state index in [0.717, 1.165) is 10.4 Å². The fourth-order valence-corrected chi connectivity index (χ4v) is 2.09. The number of nitrogens with zero attached hydrogens (tertiary/aromatic N) is 1. The minimum Gasteiger partial charge on any atom is -0.478 e. The molecule has 0 radical (unpaired) electrons. The summed E-state index contributed by atoms with van der Waals surface area (Å²) in [7, 11) is 0. The van der Waals surface area contributed by atoms with Gasteiger partial charge in [-0.1, -0.05) is 6.07 Å². The maximum Gasteiger partial charge on any atom is 0.335 e. The molecule has 1 heterocycles. The molecular weight excluding hydrogens is 278 g/mol. The van der Waals surface area contributed by atoms with Crippen molar-refractivity contribution in [2.24, 2.45) is 0 Å². The Balaban J connectivity index is 2.00. The van der Waals surface area contributed by atoms with E-state index in [2.05, 4.69) is 15.6 Å². The van der Waals surface area contributed by atoms with Gasteiger partial charge in [-0.25, -0.2) is 9.59 Å². The monoisotopic (exact) mass is 291 g/mol. The van der Waals surface area contributed by atoms with E-state index < -0.39 is 5.97 Å². The van der Waals surface area contributed by atoms with Crippen molar-refractivity contribution in [3.63, 3.8) is 0 Å². The number of hydrogen-bond acceptors (Lipinski definition) is 4. The summed E-state index contributed by atoms with van der Waals surface area (Å²) < 4.78 is 0. The van der Waals surface area contributed by atoms with Crippen LogP contribution in [0.1, 0.15) is 20.8 Å². The summed E-state index contributed by atoms with van der Waals surface area (Å²) >= 11 is 1.45. The molecule has 2 rings (SSSR count). The van der Waals surface area contributed by atoms with Gasteiger partial charge in [0.2, 0.25) is 0 Å². The van der Waals surface area contributed by atoms with Crippen LogP contribution < -0.4 is 10.6 Å². The van der Waals surface area contributed by atoms with E-state index in [0.29, 0.717) is 12.2 Å². The Morgan fingerprint density at radius 3 is 2.85 bits per heavy atom. The van der Waals surface area contributed by atoms with Crippen LogP contribution in [0.2, 0.25) is 0 Å². The first-order valence-electron chi connectivity index (χ1n) is 5.82. The molecule has 0 spiro atoms. The summed E-state index contributed by atoms with van der Waals surface area (Å²) in [5.74, 6) is -1.03. The number of carboxylic acid groups (broad SMARTS) is 1. The highest BCUT2D eigenvalue weighted by molar-refractivity contribution is 7.09. The van der Waals surface area contributed by atoms with Crippen LogP contribution >= 0.6 is 11.3 Å². The van der Waals surface area contributed by atoms with Crippen LogP contribution in [-0.4, -0.2) is 22.1 Å². The van der Waals surface area contributed by atoms with E-state index >= 15 is 0 Å². The van der Waals surface area contributed by atoms with E-state index in [1.54, 1.807) is 24.7 Å². The van der Waals surface area contributed by atoms with Crippen molar-refractivity contribution in [1.29, 1.82) is 0 Å². The van der Waals surface area contributed by atoms with Gasteiger partial charge in [0, 0.05) is 16.8 Å². The Bertz CT molecular complexity index is 626. The second-order valence-electron chi connectivity index (χ2n) is 4.11. The molecule has 1 aromatic heterocycles. The Labute approximate surface area is 119 Å². The van der Waals surface area contributed by atoms with Crippen molar-refractivity contribution in [3.05, 3.63) is 45.9 Å². The first-order valence-corrected chi connectivity index (χ1v) is 6.70. The number of nitrogens with one attached hydrogen (secondary N) is 2. The first-order chi connectivity index (χ1) is 9.56. The number of aromatic carboxylic acids is 1. The van der Waals surface area contributed by atoms with Crippen LogP contribution in [0.15, 0.2) is 29.9 Å². The third kappa shape index (κ3) is 3.55. The lowest BCUT2D eigenvalue weighted by Crippen LogP contribution is -2.28. The van der Waals surface area contributed by atoms with E-state index in [4.69, 9.17) is 5.11 Å². The van der Waals surface area contributed by atoms with Crippen molar-refractivity contribution < 1.29 is 14.7 Å². The normalized spacial score (nSPS) is 10.1. The third-order valence-corrected chi connectivity index (χ3v) is 3.42. The number of anilines is 1. The molecule has 0 saturated heterocycles. The molecule has 0 aliphatic rings. The lowest BCUT2D eigenvalue weighted by molar-refractivity contribution is 0.0697. The molecule has 0 aliphatic carbocycles. The molecule has 0 unspecified atom stereocenters. The molecule has 0 saturated carbocycles. The standard InChI is InChI=1S/C13H13N3O3S/c1-8-2-3-9(12(17)18)4-11(8)16-13(19)15-6-10-5-14-7-20-10/h2-5,7H,6H2,1H3,(H,17,18)(H2,15,16,19). The molecule has 3 N–H and O–H groups in total. The van der Waals surface area contributed by atoms with Gasteiger partial charge < -0.3 is 15.7 Å². The summed E-state index contributed by atoms with van der Waals surface area (Å²) in [5, 5.41) is 14.2. The summed E-state index contributed by atoms with van der Waals surface area (Å²) in [6, 6.07) is 4.20. The molecule has 20 heavy (non-hydrogen) atoms. The minimum atomic E-state index is -1.03.